The average molecular weight is 488 g/mol. The molecule has 0 unspecified atom stereocenters. The normalized spacial score (nSPS) is 15.9. The number of nitrogens with one attached hydrogen (secondary N) is 1. The minimum atomic E-state index is -0.800. The molecule has 194 valence electrons. The fraction of sp³-hybridized carbons (Fsp3) is 0.593. The fourth-order valence-corrected chi connectivity index (χ4v) is 4.62. The van der Waals surface area contributed by atoms with Crippen molar-refractivity contribution in [2.75, 3.05) is 13.1 Å². The second-order valence-electron chi connectivity index (χ2n) is 9.64. The van der Waals surface area contributed by atoms with Gasteiger partial charge in [0.15, 0.2) is 0 Å². The molecule has 35 heavy (non-hydrogen) atoms. The van der Waals surface area contributed by atoms with Gasteiger partial charge in [-0.3, -0.25) is 14.4 Å². The summed E-state index contributed by atoms with van der Waals surface area (Å²) in [4.78, 5) is 43.2. The molecule has 1 aliphatic rings. The van der Waals surface area contributed by atoms with E-state index in [1.165, 1.54) is 29.2 Å². The van der Waals surface area contributed by atoms with Gasteiger partial charge < -0.3 is 20.3 Å². The molecule has 0 aromatic carbocycles. The Kier molecular flexibility index (Phi) is 10.3. The lowest BCUT2D eigenvalue weighted by molar-refractivity contribution is -0.197. The first-order valence-corrected chi connectivity index (χ1v) is 12.4. The maximum Gasteiger partial charge on any atom is 0.329 e. The van der Waals surface area contributed by atoms with Crippen LogP contribution in [0.3, 0.4) is 0 Å². The molecule has 1 heterocycles. The van der Waals surface area contributed by atoms with Gasteiger partial charge >= 0.3 is 5.97 Å². The highest BCUT2D eigenvalue weighted by Gasteiger charge is 2.36. The zero-order chi connectivity index (χ0) is 26.2. The maximum atomic E-state index is 13.3. The second-order valence-corrected chi connectivity index (χ2v) is 9.64. The molecule has 1 aromatic rings. The lowest BCUT2D eigenvalue weighted by Gasteiger charge is -2.30. The topological polar surface area (TPSA) is 115 Å². The van der Waals surface area contributed by atoms with E-state index >= 15 is 0 Å². The first kappa shape index (κ1) is 28.4. The first-order valence-electron chi connectivity index (χ1n) is 12.4. The van der Waals surface area contributed by atoms with Gasteiger partial charge in [-0.15, -0.1) is 0 Å². The van der Waals surface area contributed by atoms with E-state index < -0.39 is 17.9 Å². The molecular formula is C27H41N3O5. The van der Waals surface area contributed by atoms with Crippen LogP contribution >= 0.6 is 0 Å². The summed E-state index contributed by atoms with van der Waals surface area (Å²) in [7, 11) is 0. The average Bonchev–Trinajstić information content (AvgIpc) is 3.39. The van der Waals surface area contributed by atoms with Gasteiger partial charge in [0.1, 0.15) is 6.04 Å². The summed E-state index contributed by atoms with van der Waals surface area (Å²) in [5, 5.41) is 3.95. The highest BCUT2D eigenvalue weighted by Crippen LogP contribution is 2.49. The van der Waals surface area contributed by atoms with Crippen molar-refractivity contribution < 1.29 is 23.6 Å². The van der Waals surface area contributed by atoms with Crippen LogP contribution in [0.5, 0.6) is 0 Å². The van der Waals surface area contributed by atoms with Crippen LogP contribution < -0.4 is 11.1 Å². The Morgan fingerprint density at radius 3 is 2.34 bits per heavy atom. The highest BCUT2D eigenvalue weighted by atomic mass is 16.7. The van der Waals surface area contributed by atoms with Gasteiger partial charge in [-0.05, 0) is 89.1 Å². The summed E-state index contributed by atoms with van der Waals surface area (Å²) in [6.07, 6.45) is 6.33. The molecule has 0 radical (unpaired) electrons. The third-order valence-corrected chi connectivity index (χ3v) is 7.44. The summed E-state index contributed by atoms with van der Waals surface area (Å²) >= 11 is 0. The monoisotopic (exact) mass is 487 g/mol. The van der Waals surface area contributed by atoms with Gasteiger partial charge in [0.2, 0.25) is 5.91 Å². The molecule has 1 aromatic heterocycles. The minimum Gasteiger partial charge on any atom is -0.472 e. The van der Waals surface area contributed by atoms with Crippen LogP contribution in [-0.2, 0) is 25.6 Å². The Bertz CT molecular complexity index is 937. The van der Waals surface area contributed by atoms with E-state index in [1.54, 1.807) is 18.6 Å². The molecule has 0 bridgehead atoms. The van der Waals surface area contributed by atoms with Crippen LogP contribution in [0.2, 0.25) is 0 Å². The standard InChI is InChI=1S/C27H41N3O5/c1-18-19(2)21(4)27(6,20(18)3)13-10-25(32)29-24(9-7-8-14-28)26(33)30(35-22(5)31)15-11-23-12-16-34-17-23/h12,16-17,24H,7-11,13-15,28H2,1-6H3,(H,29,32)/t24-/m0/s1. The number of hydroxylamine groups is 2. The van der Waals surface area contributed by atoms with Crippen molar-refractivity contribution in [3.63, 3.8) is 0 Å². The van der Waals surface area contributed by atoms with Crippen molar-refractivity contribution in [3.05, 3.63) is 46.4 Å². The highest BCUT2D eigenvalue weighted by molar-refractivity contribution is 5.88. The van der Waals surface area contributed by atoms with Gasteiger partial charge in [-0.25, -0.2) is 0 Å². The van der Waals surface area contributed by atoms with Gasteiger partial charge in [-0.2, -0.15) is 5.06 Å². The maximum absolute atomic E-state index is 13.3. The number of carbonyl (C=O) groups excluding carboxylic acids is 3. The number of hydrogen-bond donors (Lipinski definition) is 2. The van der Waals surface area contributed by atoms with Crippen molar-refractivity contribution in [1.29, 1.82) is 0 Å². The third-order valence-electron chi connectivity index (χ3n) is 7.44. The molecule has 3 N–H and O–H groups in total. The Hall–Kier alpha value is -2.87. The minimum absolute atomic E-state index is 0.159. The second kappa shape index (κ2) is 12.7. The molecule has 2 rings (SSSR count). The van der Waals surface area contributed by atoms with E-state index in [0.717, 1.165) is 17.0 Å². The molecule has 0 saturated heterocycles. The molecule has 0 aliphatic heterocycles. The smallest absolute Gasteiger partial charge is 0.329 e. The number of furan rings is 1. The van der Waals surface area contributed by atoms with Crippen molar-refractivity contribution in [1.82, 2.24) is 10.4 Å². The Morgan fingerprint density at radius 1 is 1.14 bits per heavy atom. The summed E-state index contributed by atoms with van der Waals surface area (Å²) < 4.78 is 5.07. The van der Waals surface area contributed by atoms with Crippen molar-refractivity contribution in [3.8, 4) is 0 Å². The lowest BCUT2D eigenvalue weighted by atomic mass is 9.75. The summed E-state index contributed by atoms with van der Waals surface area (Å²) in [6, 6.07) is 0.988. The van der Waals surface area contributed by atoms with Crippen LogP contribution in [0.15, 0.2) is 45.3 Å². The molecule has 0 fully saturated rings. The van der Waals surface area contributed by atoms with Crippen LogP contribution in [-0.4, -0.2) is 42.0 Å². The molecule has 1 aliphatic carbocycles. The summed E-state index contributed by atoms with van der Waals surface area (Å²) in [6.45, 7) is 12.6. The molecule has 0 saturated carbocycles. The molecule has 8 nitrogen and oxygen atoms in total. The van der Waals surface area contributed by atoms with Crippen molar-refractivity contribution in [2.24, 2.45) is 11.1 Å². The quantitative estimate of drug-likeness (QED) is 0.337. The lowest BCUT2D eigenvalue weighted by Crippen LogP contribution is -2.49. The fourth-order valence-electron chi connectivity index (χ4n) is 4.62. The number of amides is 2. The van der Waals surface area contributed by atoms with E-state index in [9.17, 15) is 14.4 Å². The predicted molar refractivity (Wildman–Crippen MR) is 135 cm³/mol. The Morgan fingerprint density at radius 2 is 1.80 bits per heavy atom. The first-order chi connectivity index (χ1) is 16.5. The largest absolute Gasteiger partial charge is 0.472 e. The SMILES string of the molecule is CC(=O)ON(CCc1ccoc1)C(=O)[C@H](CCCCN)NC(=O)CCC1(C)C(C)=C(C)C(C)=C1C. The summed E-state index contributed by atoms with van der Waals surface area (Å²) in [5.74, 6) is -1.24. The van der Waals surface area contributed by atoms with E-state index in [1.807, 2.05) is 0 Å². The molecule has 2 amide bonds. The van der Waals surface area contributed by atoms with E-state index in [4.69, 9.17) is 15.0 Å². The molecular weight excluding hydrogens is 446 g/mol. The van der Waals surface area contributed by atoms with Crippen LogP contribution in [0.1, 0.15) is 79.2 Å². The van der Waals surface area contributed by atoms with Crippen molar-refractivity contribution in [2.45, 2.75) is 86.1 Å². The van der Waals surface area contributed by atoms with E-state index in [2.05, 4.69) is 39.9 Å². The number of unbranched alkanes of at least 4 members (excludes halogenated alkanes) is 1. The van der Waals surface area contributed by atoms with Crippen molar-refractivity contribution >= 4 is 17.8 Å². The zero-order valence-electron chi connectivity index (χ0n) is 22.0. The number of rotatable bonds is 12. The summed E-state index contributed by atoms with van der Waals surface area (Å²) in [5.41, 5.74) is 11.5. The van der Waals surface area contributed by atoms with Crippen LogP contribution in [0.4, 0.5) is 0 Å². The number of nitrogens with zero attached hydrogens (tertiary/aromatic N) is 1. The van der Waals surface area contributed by atoms with E-state index in [-0.39, 0.29) is 24.3 Å². The number of allylic oxidation sites excluding steroid dienone is 4. The Labute approximate surface area is 208 Å². The van der Waals surface area contributed by atoms with E-state index in [0.29, 0.717) is 32.2 Å². The number of hydrogen-bond acceptors (Lipinski definition) is 6. The predicted octanol–water partition coefficient (Wildman–Crippen LogP) is 4.22. The molecule has 0 spiro atoms. The number of carbonyl (C=O) groups is 3. The number of nitrogens with two attached hydrogens (primary N) is 1. The third kappa shape index (κ3) is 7.31. The van der Waals surface area contributed by atoms with Crippen LogP contribution in [0.25, 0.3) is 0 Å². The van der Waals surface area contributed by atoms with Gasteiger partial charge in [0.25, 0.3) is 5.91 Å². The molecule has 1 atom stereocenters. The molecule has 8 heteroatoms. The van der Waals surface area contributed by atoms with Gasteiger partial charge in [0, 0.05) is 18.8 Å². The zero-order valence-corrected chi connectivity index (χ0v) is 22.0. The van der Waals surface area contributed by atoms with Crippen LogP contribution in [0, 0.1) is 5.41 Å². The van der Waals surface area contributed by atoms with Gasteiger partial charge in [0.05, 0.1) is 19.1 Å². The van der Waals surface area contributed by atoms with Gasteiger partial charge in [-0.1, -0.05) is 18.1 Å². The Balaban J connectivity index is 2.09.